The van der Waals surface area contributed by atoms with Crippen LogP contribution in [0.4, 0.5) is 0 Å². The molecule has 410 valence electrons. The number of hydrogen-bond donors (Lipinski definition) is 9. The van der Waals surface area contributed by atoms with E-state index in [0.29, 0.717) is 25.9 Å². The van der Waals surface area contributed by atoms with Crippen LogP contribution in [0.5, 0.6) is 0 Å². The van der Waals surface area contributed by atoms with E-state index < -0.39 is 47.7 Å². The predicted molar refractivity (Wildman–Crippen MR) is 267 cm³/mol. The maximum atomic E-state index is 12.5. The molecule has 0 aliphatic heterocycles. The van der Waals surface area contributed by atoms with Crippen LogP contribution in [0.15, 0.2) is 0 Å². The molecule has 0 aromatic heterocycles. The lowest BCUT2D eigenvalue weighted by Gasteiger charge is -2.17. The van der Waals surface area contributed by atoms with Gasteiger partial charge in [-0.15, -0.1) is 0 Å². The Morgan fingerprint density at radius 3 is 1.24 bits per heavy atom. The summed E-state index contributed by atoms with van der Waals surface area (Å²) in [7, 11) is 2.20. The van der Waals surface area contributed by atoms with Crippen molar-refractivity contribution in [2.45, 2.75) is 173 Å². The zero-order chi connectivity index (χ0) is 52.7. The van der Waals surface area contributed by atoms with Gasteiger partial charge in [0.15, 0.2) is 5.52 Å². The van der Waals surface area contributed by atoms with Gasteiger partial charge in [0.25, 0.3) is 0 Å². The molecule has 0 bridgehead atoms. The summed E-state index contributed by atoms with van der Waals surface area (Å²) in [6, 6.07) is -2.90. The van der Waals surface area contributed by atoms with Crippen molar-refractivity contribution >= 4 is 62.2 Å². The van der Waals surface area contributed by atoms with Crippen molar-refractivity contribution in [2.75, 3.05) is 79.0 Å². The second-order valence-corrected chi connectivity index (χ2v) is 17.8. The Balaban J connectivity index is 3.92. The third-order valence-corrected chi connectivity index (χ3v) is 11.4. The van der Waals surface area contributed by atoms with E-state index in [-0.39, 0.29) is 128 Å². The van der Waals surface area contributed by atoms with Crippen molar-refractivity contribution in [1.29, 1.82) is 0 Å². The third-order valence-electron chi connectivity index (χ3n) is 11.0. The van der Waals surface area contributed by atoms with Gasteiger partial charge in [0.2, 0.25) is 29.5 Å². The van der Waals surface area contributed by atoms with Crippen molar-refractivity contribution in [3.8, 4) is 0 Å². The number of unbranched alkanes of at least 4 members (excludes halogenated alkanes) is 14. The van der Waals surface area contributed by atoms with Crippen molar-refractivity contribution < 1.29 is 77.4 Å². The van der Waals surface area contributed by atoms with Gasteiger partial charge >= 0.3 is 17.9 Å². The van der Waals surface area contributed by atoms with E-state index in [1.165, 1.54) is 25.7 Å². The minimum Gasteiger partial charge on any atom is -0.481 e. The molecule has 0 aromatic carbocycles. The van der Waals surface area contributed by atoms with E-state index in [0.717, 1.165) is 70.6 Å². The zero-order valence-corrected chi connectivity index (χ0v) is 43.4. The number of ether oxygens (including phenoxy) is 4. The fraction of sp³-hybridized carbons (Fsp3) is 0.812. The molecule has 1 unspecified atom stereocenters. The molecule has 0 saturated carbocycles. The minimum absolute atomic E-state index is 0.0248. The maximum absolute atomic E-state index is 12.5. The first-order chi connectivity index (χ1) is 34.2. The third kappa shape index (κ3) is 44.1. The second kappa shape index (κ2) is 46.7. The Labute approximate surface area is 422 Å². The Morgan fingerprint density at radius 2 is 0.803 bits per heavy atom. The van der Waals surface area contributed by atoms with Crippen LogP contribution in [0.2, 0.25) is 0 Å². The van der Waals surface area contributed by atoms with Crippen LogP contribution in [0.1, 0.15) is 155 Å². The SMILES string of the molecule is CCN[C@@H](CCCCNC(=O)COCCOCCNC(=O)COCCOCCNC(=O)CC[C@H](NC(=O)CC[C@H](NC(=O)CCCCCCCCCCCCCCCCC(=O)O)C(=O)O)C(=O)O)C(=O)P. The summed E-state index contributed by atoms with van der Waals surface area (Å²) < 4.78 is 21.3. The first-order valence-corrected chi connectivity index (χ1v) is 26.1. The first-order valence-electron chi connectivity index (χ1n) is 25.6. The number of amides is 5. The zero-order valence-electron chi connectivity index (χ0n) is 42.2. The molecule has 0 heterocycles. The van der Waals surface area contributed by atoms with Gasteiger partial charge in [-0.3, -0.25) is 33.6 Å². The molecule has 5 amide bonds. The first kappa shape index (κ1) is 66.7. The smallest absolute Gasteiger partial charge is 0.326 e. The summed E-state index contributed by atoms with van der Waals surface area (Å²) in [5.74, 6) is -5.63. The Morgan fingerprint density at radius 1 is 0.408 bits per heavy atom. The molecule has 0 spiro atoms. The monoisotopic (exact) mass is 1030 g/mol. The topological polar surface area (TPSA) is 323 Å². The molecule has 0 fully saturated rings. The fourth-order valence-corrected chi connectivity index (χ4v) is 7.34. The second-order valence-electron chi connectivity index (χ2n) is 17.2. The van der Waals surface area contributed by atoms with Gasteiger partial charge in [0.1, 0.15) is 25.3 Å². The minimum atomic E-state index is -1.39. The van der Waals surface area contributed by atoms with Crippen LogP contribution >= 0.6 is 9.24 Å². The number of carboxylic acid groups (broad SMARTS) is 3. The lowest BCUT2D eigenvalue weighted by molar-refractivity contribution is -0.143. The van der Waals surface area contributed by atoms with E-state index in [1.54, 1.807) is 0 Å². The Bertz CT molecular complexity index is 1510. The molecule has 0 radical (unpaired) electrons. The van der Waals surface area contributed by atoms with Gasteiger partial charge < -0.3 is 66.2 Å². The lowest BCUT2D eigenvalue weighted by Crippen LogP contribution is -2.44. The highest BCUT2D eigenvalue weighted by Crippen LogP contribution is 2.14. The molecule has 71 heavy (non-hydrogen) atoms. The van der Waals surface area contributed by atoms with Crippen LogP contribution in [0, 0.1) is 0 Å². The number of likely N-dealkylation sites (N-methyl/N-ethyl adjacent to an activating group) is 1. The van der Waals surface area contributed by atoms with Gasteiger partial charge in [0.05, 0.1) is 45.7 Å². The van der Waals surface area contributed by atoms with Gasteiger partial charge in [-0.05, 0) is 51.5 Å². The van der Waals surface area contributed by atoms with Crippen LogP contribution in [-0.2, 0) is 62.1 Å². The van der Waals surface area contributed by atoms with Crippen molar-refractivity contribution in [1.82, 2.24) is 31.9 Å². The van der Waals surface area contributed by atoms with Gasteiger partial charge in [0, 0.05) is 45.3 Å². The number of carboxylic acids is 3. The van der Waals surface area contributed by atoms with Gasteiger partial charge in [-0.25, -0.2) is 9.59 Å². The Hall–Kier alpha value is -4.34. The average Bonchev–Trinajstić information content (AvgIpc) is 3.32. The van der Waals surface area contributed by atoms with Crippen LogP contribution < -0.4 is 31.9 Å². The summed E-state index contributed by atoms with van der Waals surface area (Å²) in [6.45, 7) is 4.28. The molecule has 0 aliphatic rings. The summed E-state index contributed by atoms with van der Waals surface area (Å²) in [6.07, 6.45) is 16.1. The molecule has 9 N–H and O–H groups in total. The normalized spacial score (nSPS) is 12.3. The summed E-state index contributed by atoms with van der Waals surface area (Å²) in [5.41, 5.74) is 0.0248. The molecule has 22 nitrogen and oxygen atoms in total. The van der Waals surface area contributed by atoms with E-state index in [4.69, 9.17) is 24.1 Å². The van der Waals surface area contributed by atoms with Gasteiger partial charge in [-0.1, -0.05) is 93.2 Å². The lowest BCUT2D eigenvalue weighted by atomic mass is 10.0. The van der Waals surface area contributed by atoms with Crippen molar-refractivity contribution in [3.05, 3.63) is 0 Å². The number of rotatable bonds is 51. The maximum Gasteiger partial charge on any atom is 0.326 e. The van der Waals surface area contributed by atoms with Crippen LogP contribution in [-0.4, -0.2) is 165 Å². The van der Waals surface area contributed by atoms with E-state index >= 15 is 0 Å². The van der Waals surface area contributed by atoms with E-state index in [9.17, 15) is 53.4 Å². The largest absolute Gasteiger partial charge is 0.481 e. The highest BCUT2D eigenvalue weighted by Gasteiger charge is 2.24. The molecule has 23 heteroatoms. The Kier molecular flexibility index (Phi) is 43.9. The van der Waals surface area contributed by atoms with Crippen molar-refractivity contribution in [2.24, 2.45) is 0 Å². The fourth-order valence-electron chi connectivity index (χ4n) is 7.06. The van der Waals surface area contributed by atoms with Crippen LogP contribution in [0.3, 0.4) is 0 Å². The quantitative estimate of drug-likeness (QED) is 0.0312. The number of aliphatic carboxylic acids is 3. The predicted octanol–water partition coefficient (Wildman–Crippen LogP) is 2.98. The summed E-state index contributed by atoms with van der Waals surface area (Å²) >= 11 is 0. The highest BCUT2D eigenvalue weighted by atomic mass is 31.0. The van der Waals surface area contributed by atoms with Crippen molar-refractivity contribution in [3.63, 3.8) is 0 Å². The molecule has 4 atom stereocenters. The number of nitrogens with one attached hydrogen (secondary N) is 6. The van der Waals surface area contributed by atoms with E-state index in [2.05, 4.69) is 41.1 Å². The molecular formula is C48H87N6O16P. The molecular weight excluding hydrogens is 948 g/mol. The number of carbonyl (C=O) groups excluding carboxylic acids is 6. The highest BCUT2D eigenvalue weighted by molar-refractivity contribution is 7.40. The molecule has 0 rings (SSSR count). The summed E-state index contributed by atoms with van der Waals surface area (Å²) in [4.78, 5) is 107. The average molecular weight is 1040 g/mol. The van der Waals surface area contributed by atoms with Crippen LogP contribution in [0.25, 0.3) is 0 Å². The molecule has 0 aromatic rings. The van der Waals surface area contributed by atoms with Gasteiger partial charge in [-0.2, -0.15) is 0 Å². The molecule has 0 saturated heterocycles. The summed E-state index contributed by atoms with van der Waals surface area (Å²) in [5, 5.41) is 43.7. The molecule has 0 aliphatic carbocycles. The number of carbonyl (C=O) groups is 9. The standard InChI is InChI=1S/C48H87N6O16P/c1-2-49-39(48(66)71)19-17-18-26-50-43(58)35-69-33-32-68-30-28-52-44(59)36-70-34-31-67-29-27-51-40(55)24-22-37(46(62)63)54-42(57)25-23-38(47(64)65)53-41(56)20-15-13-11-9-7-5-3-4-6-8-10-12-14-16-21-45(60)61/h37-39,49H,2-36,71H2,1H3,(H,50,58)(H,51,55)(H,52,59)(H,53,56)(H,54,57)(H,60,61)(H,62,63)(H,64,65)/t37-,38-,39-/m0/s1. The van der Waals surface area contributed by atoms with E-state index in [1.807, 2.05) is 6.92 Å². The number of hydrogen-bond acceptors (Lipinski definition) is 14.